The van der Waals surface area contributed by atoms with E-state index >= 15 is 0 Å². The van der Waals surface area contributed by atoms with E-state index in [1.807, 2.05) is 6.07 Å². The van der Waals surface area contributed by atoms with Gasteiger partial charge in [0, 0.05) is 17.5 Å². The number of ketones is 1. The van der Waals surface area contributed by atoms with Gasteiger partial charge >= 0.3 is 0 Å². The van der Waals surface area contributed by atoms with Crippen LogP contribution in [-0.4, -0.2) is 17.5 Å². The molecule has 0 saturated heterocycles. The maximum atomic E-state index is 11.0. The summed E-state index contributed by atoms with van der Waals surface area (Å²) in [6.45, 7) is 1.60. The molecule has 0 aliphatic carbocycles. The first-order valence-electron chi connectivity index (χ1n) is 4.45. The predicted octanol–water partition coefficient (Wildman–Crippen LogP) is 1.62. The number of hydrogen-bond acceptors (Lipinski definition) is 2. The van der Waals surface area contributed by atoms with Gasteiger partial charge in [-0.2, -0.15) is 0 Å². The van der Waals surface area contributed by atoms with Gasteiger partial charge in [0.05, 0.1) is 6.61 Å². The van der Waals surface area contributed by atoms with E-state index in [2.05, 4.69) is 11.8 Å². The number of benzene rings is 1. The predicted molar refractivity (Wildman–Crippen MR) is 55.0 cm³/mol. The van der Waals surface area contributed by atoms with Gasteiger partial charge in [0.1, 0.15) is 0 Å². The summed E-state index contributed by atoms with van der Waals surface area (Å²) in [4.78, 5) is 11.0. The molecule has 1 rings (SSSR count). The van der Waals surface area contributed by atoms with Crippen molar-refractivity contribution < 1.29 is 9.90 Å². The normalized spacial score (nSPS) is 9.00. The van der Waals surface area contributed by atoms with Crippen molar-refractivity contribution in [2.75, 3.05) is 6.61 Å². The lowest BCUT2D eigenvalue weighted by Gasteiger charge is -1.95. The van der Waals surface area contributed by atoms with Gasteiger partial charge in [0.2, 0.25) is 0 Å². The Bertz CT molecular complexity index is 383. The lowest BCUT2D eigenvalue weighted by atomic mass is 10.1. The maximum absolute atomic E-state index is 11.0. The number of hydrogen-bond donors (Lipinski definition) is 1. The summed E-state index contributed by atoms with van der Waals surface area (Å²) in [5.41, 5.74) is 1.48. The SMILES string of the molecule is CC(=O)c1cccc(C#CCCO)c1. The van der Waals surface area contributed by atoms with Crippen molar-refractivity contribution in [2.24, 2.45) is 0 Å². The largest absolute Gasteiger partial charge is 0.395 e. The number of Topliss-reactive ketones (excluding diaryl/α,β-unsaturated/α-hetero) is 1. The average Bonchev–Trinajstić information content (AvgIpc) is 2.19. The van der Waals surface area contributed by atoms with Crippen molar-refractivity contribution >= 4 is 5.78 Å². The van der Waals surface area contributed by atoms with E-state index in [9.17, 15) is 4.79 Å². The second kappa shape index (κ2) is 5.21. The second-order valence-corrected chi connectivity index (χ2v) is 2.91. The van der Waals surface area contributed by atoms with Crippen molar-refractivity contribution in [3.05, 3.63) is 35.4 Å². The van der Waals surface area contributed by atoms with Crippen LogP contribution in [0.4, 0.5) is 0 Å². The van der Waals surface area contributed by atoms with Gasteiger partial charge in [-0.15, -0.1) is 0 Å². The first kappa shape index (κ1) is 10.5. The highest BCUT2D eigenvalue weighted by Crippen LogP contribution is 2.04. The zero-order chi connectivity index (χ0) is 10.4. The molecule has 0 aromatic heterocycles. The topological polar surface area (TPSA) is 37.3 Å². The van der Waals surface area contributed by atoms with Crippen molar-refractivity contribution in [1.82, 2.24) is 0 Å². The molecule has 0 saturated carbocycles. The van der Waals surface area contributed by atoms with Crippen molar-refractivity contribution in [3.63, 3.8) is 0 Å². The minimum Gasteiger partial charge on any atom is -0.395 e. The zero-order valence-corrected chi connectivity index (χ0v) is 8.08. The van der Waals surface area contributed by atoms with E-state index < -0.39 is 0 Å². The third kappa shape index (κ3) is 3.04. The highest BCUT2D eigenvalue weighted by molar-refractivity contribution is 5.94. The number of aliphatic hydroxyl groups excluding tert-OH is 1. The molecule has 0 spiro atoms. The Hall–Kier alpha value is -1.59. The quantitative estimate of drug-likeness (QED) is 0.565. The minimum atomic E-state index is 0.0378. The van der Waals surface area contributed by atoms with Gasteiger partial charge < -0.3 is 5.11 Å². The Morgan fingerprint density at radius 3 is 2.93 bits per heavy atom. The van der Waals surface area contributed by atoms with Gasteiger partial charge in [-0.3, -0.25) is 4.79 Å². The Balaban J connectivity index is 2.85. The lowest BCUT2D eigenvalue weighted by Crippen LogP contribution is -1.91. The first-order chi connectivity index (χ1) is 6.74. The fourth-order valence-corrected chi connectivity index (χ4v) is 1.04. The van der Waals surface area contributed by atoms with Crippen molar-refractivity contribution in [1.29, 1.82) is 0 Å². The van der Waals surface area contributed by atoms with Crippen LogP contribution >= 0.6 is 0 Å². The number of rotatable bonds is 2. The van der Waals surface area contributed by atoms with E-state index in [-0.39, 0.29) is 12.4 Å². The molecule has 0 radical (unpaired) electrons. The minimum absolute atomic E-state index is 0.0378. The van der Waals surface area contributed by atoms with Crippen LogP contribution in [0.5, 0.6) is 0 Å². The molecule has 0 fully saturated rings. The van der Waals surface area contributed by atoms with Crippen LogP contribution in [0, 0.1) is 11.8 Å². The van der Waals surface area contributed by atoms with Crippen LogP contribution in [0.1, 0.15) is 29.3 Å². The van der Waals surface area contributed by atoms with E-state index in [0.29, 0.717) is 12.0 Å². The smallest absolute Gasteiger partial charge is 0.159 e. The molecule has 1 aromatic carbocycles. The molecule has 0 atom stereocenters. The van der Waals surface area contributed by atoms with Crippen LogP contribution in [0.3, 0.4) is 0 Å². The summed E-state index contributed by atoms with van der Waals surface area (Å²) >= 11 is 0. The Morgan fingerprint density at radius 2 is 2.29 bits per heavy atom. The summed E-state index contributed by atoms with van der Waals surface area (Å²) in [7, 11) is 0. The summed E-state index contributed by atoms with van der Waals surface area (Å²) < 4.78 is 0. The third-order valence-corrected chi connectivity index (χ3v) is 1.74. The number of carbonyl (C=O) groups excluding carboxylic acids is 1. The zero-order valence-electron chi connectivity index (χ0n) is 8.08. The number of aliphatic hydroxyl groups is 1. The third-order valence-electron chi connectivity index (χ3n) is 1.74. The molecule has 0 bridgehead atoms. The first-order valence-corrected chi connectivity index (χ1v) is 4.45. The lowest BCUT2D eigenvalue weighted by molar-refractivity contribution is 0.101. The summed E-state index contributed by atoms with van der Waals surface area (Å²) in [5.74, 6) is 5.72. The highest BCUT2D eigenvalue weighted by atomic mass is 16.2. The fraction of sp³-hybridized carbons (Fsp3) is 0.250. The molecule has 2 heteroatoms. The monoisotopic (exact) mass is 188 g/mol. The molecule has 2 nitrogen and oxygen atoms in total. The number of carbonyl (C=O) groups is 1. The maximum Gasteiger partial charge on any atom is 0.159 e. The van der Waals surface area contributed by atoms with Crippen LogP contribution in [-0.2, 0) is 0 Å². The van der Waals surface area contributed by atoms with Crippen LogP contribution in [0.2, 0.25) is 0 Å². The molecular weight excluding hydrogens is 176 g/mol. The van der Waals surface area contributed by atoms with E-state index in [0.717, 1.165) is 5.56 Å². The second-order valence-electron chi connectivity index (χ2n) is 2.91. The van der Waals surface area contributed by atoms with Crippen LogP contribution < -0.4 is 0 Å². The molecule has 0 heterocycles. The van der Waals surface area contributed by atoms with Crippen molar-refractivity contribution in [2.45, 2.75) is 13.3 Å². The molecule has 72 valence electrons. The molecular formula is C12H12O2. The van der Waals surface area contributed by atoms with E-state index in [1.54, 1.807) is 18.2 Å². The average molecular weight is 188 g/mol. The molecule has 1 aromatic rings. The molecule has 14 heavy (non-hydrogen) atoms. The molecule has 0 amide bonds. The van der Waals surface area contributed by atoms with Gasteiger partial charge in [-0.1, -0.05) is 24.0 Å². The molecule has 1 N–H and O–H groups in total. The summed E-state index contributed by atoms with van der Waals surface area (Å²) in [6.07, 6.45) is 0.463. The van der Waals surface area contributed by atoms with Gasteiger partial charge in [-0.05, 0) is 19.1 Å². The van der Waals surface area contributed by atoms with Gasteiger partial charge in [0.15, 0.2) is 5.78 Å². The summed E-state index contributed by atoms with van der Waals surface area (Å²) in [6, 6.07) is 7.17. The van der Waals surface area contributed by atoms with Crippen LogP contribution in [0.15, 0.2) is 24.3 Å². The summed E-state index contributed by atoms with van der Waals surface area (Å²) in [5, 5.41) is 8.53. The van der Waals surface area contributed by atoms with Gasteiger partial charge in [0.25, 0.3) is 0 Å². The van der Waals surface area contributed by atoms with Gasteiger partial charge in [-0.25, -0.2) is 0 Å². The Morgan fingerprint density at radius 1 is 1.50 bits per heavy atom. The fourth-order valence-electron chi connectivity index (χ4n) is 1.04. The molecule has 0 aliphatic rings. The van der Waals surface area contributed by atoms with Crippen LogP contribution in [0.25, 0.3) is 0 Å². The Labute approximate surface area is 83.6 Å². The highest BCUT2D eigenvalue weighted by Gasteiger charge is 1.97. The molecule has 0 aliphatic heterocycles. The standard InChI is InChI=1S/C12H12O2/c1-10(14)12-7-4-6-11(9-12)5-2-3-8-13/h4,6-7,9,13H,3,8H2,1H3. The van der Waals surface area contributed by atoms with E-state index in [4.69, 9.17) is 5.11 Å². The Kier molecular flexibility index (Phi) is 3.90. The van der Waals surface area contributed by atoms with Crippen molar-refractivity contribution in [3.8, 4) is 11.8 Å². The van der Waals surface area contributed by atoms with E-state index in [1.165, 1.54) is 6.92 Å². The molecule has 0 unspecified atom stereocenters.